The van der Waals surface area contributed by atoms with Gasteiger partial charge in [0.05, 0.1) is 26.9 Å². The van der Waals surface area contributed by atoms with Crippen LogP contribution in [0.2, 0.25) is 0 Å². The van der Waals surface area contributed by atoms with Gasteiger partial charge in [-0.15, -0.1) is 0 Å². The maximum Gasteiger partial charge on any atom is 0.406 e. The van der Waals surface area contributed by atoms with Crippen molar-refractivity contribution in [2.45, 2.75) is 0 Å². The number of carbonyl (C=O) groups is 1. The molecule has 0 aromatic rings. The van der Waals surface area contributed by atoms with Gasteiger partial charge in [0.2, 0.25) is 0 Å². The van der Waals surface area contributed by atoms with Crippen LogP contribution in [0.25, 0.3) is 0 Å². The Labute approximate surface area is 65.3 Å². The molecule has 0 unspecified atom stereocenters. The lowest BCUT2D eigenvalue weighted by Gasteiger charge is -2.03. The summed E-state index contributed by atoms with van der Waals surface area (Å²) >= 11 is 0. The molecule has 11 heavy (non-hydrogen) atoms. The second-order valence-electron chi connectivity index (χ2n) is 1.75. The predicted octanol–water partition coefficient (Wildman–Crippen LogP) is -0.649. The van der Waals surface area contributed by atoms with Crippen LogP contribution in [0.4, 0.5) is 4.79 Å². The maximum atomic E-state index is 10.4. The lowest BCUT2D eigenvalue weighted by Crippen LogP contribution is -2.27. The predicted molar refractivity (Wildman–Crippen MR) is 38.3 cm³/mol. The summed E-state index contributed by atoms with van der Waals surface area (Å²) in [7, 11) is 1.30. The molecule has 0 aliphatic rings. The molecule has 0 rings (SSSR count). The van der Waals surface area contributed by atoms with Gasteiger partial charge in [0.1, 0.15) is 0 Å². The van der Waals surface area contributed by atoms with Crippen LogP contribution >= 0.6 is 0 Å². The SMILES string of the molecule is COC(=O)NCCOCCO. The van der Waals surface area contributed by atoms with E-state index in [1.54, 1.807) is 0 Å². The van der Waals surface area contributed by atoms with Gasteiger partial charge in [-0.1, -0.05) is 0 Å². The highest BCUT2D eigenvalue weighted by Gasteiger charge is 1.94. The topological polar surface area (TPSA) is 67.8 Å². The van der Waals surface area contributed by atoms with Crippen LogP contribution in [0, 0.1) is 0 Å². The molecule has 0 radical (unpaired) electrons. The van der Waals surface area contributed by atoms with Crippen LogP contribution in [0.5, 0.6) is 0 Å². The second-order valence-corrected chi connectivity index (χ2v) is 1.75. The molecule has 0 aromatic carbocycles. The van der Waals surface area contributed by atoms with E-state index in [9.17, 15) is 4.79 Å². The van der Waals surface area contributed by atoms with E-state index in [1.165, 1.54) is 7.11 Å². The van der Waals surface area contributed by atoms with Crippen molar-refractivity contribution in [3.8, 4) is 0 Å². The summed E-state index contributed by atoms with van der Waals surface area (Å²) in [5.74, 6) is 0. The molecule has 5 heteroatoms. The van der Waals surface area contributed by atoms with Crippen LogP contribution in [0.1, 0.15) is 0 Å². The monoisotopic (exact) mass is 163 g/mol. The first-order chi connectivity index (χ1) is 5.31. The molecule has 0 aliphatic heterocycles. The molecule has 0 aliphatic carbocycles. The number of methoxy groups -OCH3 is 1. The minimum Gasteiger partial charge on any atom is -0.453 e. The minimum absolute atomic E-state index is 0.00176. The summed E-state index contributed by atoms with van der Waals surface area (Å²) in [5, 5.41) is 10.7. The number of hydrogen-bond acceptors (Lipinski definition) is 4. The molecule has 0 spiro atoms. The van der Waals surface area contributed by atoms with Crippen molar-refractivity contribution in [3.05, 3.63) is 0 Å². The first kappa shape index (κ1) is 10.2. The molecule has 1 amide bonds. The van der Waals surface area contributed by atoms with E-state index < -0.39 is 6.09 Å². The smallest absolute Gasteiger partial charge is 0.406 e. The number of alkyl carbamates (subject to hydrolysis) is 1. The van der Waals surface area contributed by atoms with Crippen molar-refractivity contribution >= 4 is 6.09 Å². The molecule has 0 heterocycles. The van der Waals surface area contributed by atoms with Gasteiger partial charge in [-0.05, 0) is 0 Å². The summed E-state index contributed by atoms with van der Waals surface area (Å²) in [6.45, 7) is 1.07. The Hall–Kier alpha value is -0.810. The standard InChI is InChI=1S/C6H13NO4/c1-10-6(9)7-2-4-11-5-3-8/h8H,2-5H2,1H3,(H,7,9). The number of aliphatic hydroxyl groups excluding tert-OH is 1. The van der Waals surface area contributed by atoms with E-state index in [0.29, 0.717) is 19.8 Å². The normalized spacial score (nSPS) is 9.27. The fourth-order valence-corrected chi connectivity index (χ4v) is 0.464. The average molecular weight is 163 g/mol. The molecule has 5 nitrogen and oxygen atoms in total. The number of amides is 1. The van der Waals surface area contributed by atoms with Gasteiger partial charge in [-0.25, -0.2) is 4.79 Å². The van der Waals surface area contributed by atoms with Crippen LogP contribution in [0.15, 0.2) is 0 Å². The van der Waals surface area contributed by atoms with Gasteiger partial charge >= 0.3 is 6.09 Å². The van der Waals surface area contributed by atoms with E-state index in [1.807, 2.05) is 0 Å². The molecule has 0 aromatic heterocycles. The third kappa shape index (κ3) is 7.08. The quantitative estimate of drug-likeness (QED) is 0.528. The van der Waals surface area contributed by atoms with Gasteiger partial charge in [-0.2, -0.15) is 0 Å². The number of rotatable bonds is 5. The van der Waals surface area contributed by atoms with E-state index in [-0.39, 0.29) is 6.61 Å². The summed E-state index contributed by atoms with van der Waals surface area (Å²) < 4.78 is 9.16. The third-order valence-electron chi connectivity index (χ3n) is 0.937. The molecule has 0 bridgehead atoms. The zero-order chi connectivity index (χ0) is 8.53. The summed E-state index contributed by atoms with van der Waals surface area (Å²) in [5.41, 5.74) is 0. The van der Waals surface area contributed by atoms with Crippen molar-refractivity contribution in [3.63, 3.8) is 0 Å². The summed E-state index contributed by atoms with van der Waals surface area (Å²) in [6.07, 6.45) is -0.474. The highest BCUT2D eigenvalue weighted by molar-refractivity contribution is 5.66. The van der Waals surface area contributed by atoms with Gasteiger partial charge in [0.25, 0.3) is 0 Å². The van der Waals surface area contributed by atoms with Crippen molar-refractivity contribution < 1.29 is 19.4 Å². The number of carbonyl (C=O) groups excluding carboxylic acids is 1. The van der Waals surface area contributed by atoms with Crippen LogP contribution < -0.4 is 5.32 Å². The lowest BCUT2D eigenvalue weighted by atomic mass is 10.7. The van der Waals surface area contributed by atoms with Crippen LogP contribution in [-0.4, -0.2) is 44.7 Å². The van der Waals surface area contributed by atoms with E-state index in [2.05, 4.69) is 10.1 Å². The Morgan fingerprint density at radius 3 is 2.82 bits per heavy atom. The number of ether oxygens (including phenoxy) is 2. The van der Waals surface area contributed by atoms with Crippen molar-refractivity contribution in [1.29, 1.82) is 0 Å². The summed E-state index contributed by atoms with van der Waals surface area (Å²) in [6, 6.07) is 0. The highest BCUT2D eigenvalue weighted by atomic mass is 16.5. The number of nitrogens with one attached hydrogen (secondary N) is 1. The summed E-state index contributed by atoms with van der Waals surface area (Å²) in [4.78, 5) is 10.4. The van der Waals surface area contributed by atoms with Crippen LogP contribution in [0.3, 0.4) is 0 Å². The number of aliphatic hydroxyl groups is 1. The van der Waals surface area contributed by atoms with Crippen molar-refractivity contribution in [2.75, 3.05) is 33.5 Å². The fourth-order valence-electron chi connectivity index (χ4n) is 0.464. The molecule has 0 atom stereocenters. The Morgan fingerprint density at radius 1 is 1.55 bits per heavy atom. The van der Waals surface area contributed by atoms with Gasteiger partial charge < -0.3 is 19.9 Å². The van der Waals surface area contributed by atoms with Crippen LogP contribution in [-0.2, 0) is 9.47 Å². The molecular weight excluding hydrogens is 150 g/mol. The molecule has 0 saturated heterocycles. The largest absolute Gasteiger partial charge is 0.453 e. The Morgan fingerprint density at radius 2 is 2.27 bits per heavy atom. The zero-order valence-corrected chi connectivity index (χ0v) is 6.50. The van der Waals surface area contributed by atoms with Gasteiger partial charge in [-0.3, -0.25) is 0 Å². The van der Waals surface area contributed by atoms with E-state index in [0.717, 1.165) is 0 Å². The van der Waals surface area contributed by atoms with Crippen molar-refractivity contribution in [2.24, 2.45) is 0 Å². The van der Waals surface area contributed by atoms with E-state index >= 15 is 0 Å². The fraction of sp³-hybridized carbons (Fsp3) is 0.833. The average Bonchev–Trinajstić information content (AvgIpc) is 2.04. The third-order valence-corrected chi connectivity index (χ3v) is 0.937. The zero-order valence-electron chi connectivity index (χ0n) is 6.50. The Bertz CT molecular complexity index is 107. The van der Waals surface area contributed by atoms with Gasteiger partial charge in [0, 0.05) is 6.54 Å². The highest BCUT2D eigenvalue weighted by Crippen LogP contribution is 1.73. The molecular formula is C6H13NO4. The lowest BCUT2D eigenvalue weighted by molar-refractivity contribution is 0.0923. The first-order valence-corrected chi connectivity index (χ1v) is 3.31. The second kappa shape index (κ2) is 7.30. The molecule has 66 valence electrons. The maximum absolute atomic E-state index is 10.4. The van der Waals surface area contributed by atoms with Gasteiger partial charge in [0.15, 0.2) is 0 Å². The van der Waals surface area contributed by atoms with Crippen molar-refractivity contribution in [1.82, 2.24) is 5.32 Å². The molecule has 0 fully saturated rings. The Kier molecular flexibility index (Phi) is 6.76. The minimum atomic E-state index is -0.474. The van der Waals surface area contributed by atoms with E-state index in [4.69, 9.17) is 9.84 Å². The number of hydrogen-bond donors (Lipinski definition) is 2. The molecule has 0 saturated carbocycles. The Balaban J connectivity index is 2.95. The molecule has 2 N–H and O–H groups in total. The first-order valence-electron chi connectivity index (χ1n) is 3.31.